The average molecular weight is 590 g/mol. The fourth-order valence-corrected chi connectivity index (χ4v) is 5.89. The van der Waals surface area contributed by atoms with E-state index in [0.29, 0.717) is 17.8 Å². The Morgan fingerprint density at radius 2 is 1.95 bits per heavy atom. The van der Waals surface area contributed by atoms with Gasteiger partial charge in [0.05, 0.1) is 0 Å². The van der Waals surface area contributed by atoms with Crippen molar-refractivity contribution in [2.45, 2.75) is 38.8 Å². The minimum Gasteiger partial charge on any atom is -0.388 e. The van der Waals surface area contributed by atoms with Crippen molar-refractivity contribution in [1.29, 1.82) is 0 Å². The van der Waals surface area contributed by atoms with Crippen LogP contribution in [0.3, 0.4) is 0 Å². The van der Waals surface area contributed by atoms with Crippen molar-refractivity contribution < 1.29 is 9.59 Å². The van der Waals surface area contributed by atoms with E-state index in [0.717, 1.165) is 72.2 Å². The summed E-state index contributed by atoms with van der Waals surface area (Å²) < 4.78 is 3.12. The lowest BCUT2D eigenvalue weighted by atomic mass is 10.0. The number of halogens is 1. The molecule has 0 atom stereocenters. The first-order valence-corrected chi connectivity index (χ1v) is 14.2. The summed E-state index contributed by atoms with van der Waals surface area (Å²) in [5.74, 6) is 0.647. The molecule has 5 rings (SSSR count). The lowest BCUT2D eigenvalue weighted by Crippen LogP contribution is -2.45. The summed E-state index contributed by atoms with van der Waals surface area (Å²) in [6, 6.07) is 16.1. The molecule has 1 saturated heterocycles. The first-order valence-electron chi connectivity index (χ1n) is 13.4. The normalized spacial score (nSPS) is 14.0. The molecule has 0 radical (unpaired) electrons. The van der Waals surface area contributed by atoms with E-state index in [4.69, 9.17) is 0 Å². The highest BCUT2D eigenvalue weighted by Crippen LogP contribution is 2.26. The lowest BCUT2D eigenvalue weighted by molar-refractivity contribution is -0.120. The van der Waals surface area contributed by atoms with E-state index in [1.54, 1.807) is 6.07 Å². The Balaban J connectivity index is 1.25. The molecule has 0 spiro atoms. The molecule has 39 heavy (non-hydrogen) atoms. The van der Waals surface area contributed by atoms with Crippen LogP contribution in [0.2, 0.25) is 0 Å². The second-order valence-electron chi connectivity index (χ2n) is 9.80. The smallest absolute Gasteiger partial charge is 0.213 e. The Hall–Kier alpha value is -3.72. The first-order chi connectivity index (χ1) is 19.0. The maximum Gasteiger partial charge on any atom is 0.213 e. The van der Waals surface area contributed by atoms with Gasteiger partial charge in [-0.25, -0.2) is 9.97 Å². The van der Waals surface area contributed by atoms with E-state index in [9.17, 15) is 9.59 Å². The van der Waals surface area contributed by atoms with E-state index >= 15 is 0 Å². The molecule has 1 fully saturated rings. The van der Waals surface area contributed by atoms with Gasteiger partial charge in [-0.15, -0.1) is 0 Å². The van der Waals surface area contributed by atoms with Gasteiger partial charge in [-0.3, -0.25) is 9.59 Å². The van der Waals surface area contributed by atoms with Crippen LogP contribution >= 0.6 is 15.9 Å². The Morgan fingerprint density at radius 1 is 1.15 bits per heavy atom. The number of hydrogen-bond acceptors (Lipinski definition) is 6. The van der Waals surface area contributed by atoms with Gasteiger partial charge in [0, 0.05) is 78.2 Å². The van der Waals surface area contributed by atoms with Gasteiger partial charge in [0.25, 0.3) is 0 Å². The van der Waals surface area contributed by atoms with E-state index in [2.05, 4.69) is 53.7 Å². The molecule has 3 heterocycles. The summed E-state index contributed by atoms with van der Waals surface area (Å²) >= 11 is 3.55. The van der Waals surface area contributed by atoms with Crippen molar-refractivity contribution in [3.63, 3.8) is 0 Å². The van der Waals surface area contributed by atoms with Crippen LogP contribution in [0.15, 0.2) is 65.5 Å². The summed E-state index contributed by atoms with van der Waals surface area (Å²) in [6.45, 7) is 5.03. The number of nitrogens with zero attached hydrogens (tertiary/aromatic N) is 5. The summed E-state index contributed by atoms with van der Waals surface area (Å²) in [7, 11) is 1.91. The quantitative estimate of drug-likeness (QED) is 0.203. The number of fused-ring (bicyclic) bond motifs is 1. The van der Waals surface area contributed by atoms with Crippen LogP contribution in [-0.4, -0.2) is 64.4 Å². The molecule has 0 saturated carbocycles. The van der Waals surface area contributed by atoms with E-state index in [1.165, 1.54) is 11.9 Å². The van der Waals surface area contributed by atoms with Crippen LogP contribution in [0.25, 0.3) is 10.9 Å². The van der Waals surface area contributed by atoms with Crippen LogP contribution in [0.1, 0.15) is 41.4 Å². The predicted octanol–water partition coefficient (Wildman–Crippen LogP) is 5.16. The minimum atomic E-state index is -0.0995. The van der Waals surface area contributed by atoms with Crippen molar-refractivity contribution in [3.05, 3.63) is 82.3 Å². The number of anilines is 2. The predicted molar refractivity (Wildman–Crippen MR) is 158 cm³/mol. The van der Waals surface area contributed by atoms with Gasteiger partial charge >= 0.3 is 0 Å². The van der Waals surface area contributed by atoms with Crippen molar-refractivity contribution in [3.8, 4) is 0 Å². The average Bonchev–Trinajstić information content (AvgIpc) is 3.36. The maximum absolute atomic E-state index is 13.5. The monoisotopic (exact) mass is 588 g/mol. The molecule has 2 aromatic carbocycles. The number of nitrogens with one attached hydrogen (secondary N) is 1. The molecule has 202 valence electrons. The van der Waals surface area contributed by atoms with Crippen LogP contribution in [0.5, 0.6) is 0 Å². The SMILES string of the molecule is CCn1cc(C(=O)c2cc(N3CCC(N(C=O)CCc4cc(Br)ccc4NC)CC3)ncn2)c2ccccc21. The Kier molecular flexibility index (Phi) is 8.26. The number of hydrogen-bond donors (Lipinski definition) is 1. The summed E-state index contributed by atoms with van der Waals surface area (Å²) in [5.41, 5.74) is 4.35. The van der Waals surface area contributed by atoms with E-state index in [1.807, 2.05) is 54.5 Å². The second kappa shape index (κ2) is 12.0. The number of piperidine rings is 1. The van der Waals surface area contributed by atoms with Crippen molar-refractivity contribution in [2.24, 2.45) is 0 Å². The number of amides is 1. The number of carbonyl (C=O) groups is 2. The minimum absolute atomic E-state index is 0.0995. The summed E-state index contributed by atoms with van der Waals surface area (Å²) in [5, 5.41) is 4.17. The molecule has 0 bridgehead atoms. The van der Waals surface area contributed by atoms with Crippen molar-refractivity contribution in [2.75, 3.05) is 36.9 Å². The van der Waals surface area contributed by atoms with E-state index in [-0.39, 0.29) is 11.8 Å². The third-order valence-corrected chi connectivity index (χ3v) is 8.12. The topological polar surface area (TPSA) is 83.4 Å². The van der Waals surface area contributed by atoms with Crippen LogP contribution in [0.4, 0.5) is 11.5 Å². The molecular formula is C30H33BrN6O2. The van der Waals surface area contributed by atoms with Crippen LogP contribution in [-0.2, 0) is 17.8 Å². The van der Waals surface area contributed by atoms with Gasteiger partial charge in [-0.1, -0.05) is 34.1 Å². The molecule has 9 heteroatoms. The van der Waals surface area contributed by atoms with Gasteiger partial charge in [0.1, 0.15) is 17.8 Å². The third kappa shape index (κ3) is 5.68. The largest absolute Gasteiger partial charge is 0.388 e. The number of aryl methyl sites for hydroxylation is 1. The van der Waals surface area contributed by atoms with Crippen LogP contribution < -0.4 is 10.2 Å². The molecule has 2 aromatic heterocycles. The highest BCUT2D eigenvalue weighted by molar-refractivity contribution is 9.10. The number of ketones is 1. The van der Waals surface area contributed by atoms with Gasteiger partial charge in [-0.2, -0.15) is 0 Å². The molecule has 1 aliphatic rings. The molecular weight excluding hydrogens is 556 g/mol. The zero-order chi connectivity index (χ0) is 27.4. The van der Waals surface area contributed by atoms with Gasteiger partial charge in [0.15, 0.2) is 0 Å². The fourth-order valence-electron chi connectivity index (χ4n) is 5.48. The summed E-state index contributed by atoms with van der Waals surface area (Å²) in [4.78, 5) is 38.4. The third-order valence-electron chi connectivity index (χ3n) is 7.63. The molecule has 1 amide bonds. The van der Waals surface area contributed by atoms with Gasteiger partial charge in [0.2, 0.25) is 12.2 Å². The van der Waals surface area contributed by atoms with Gasteiger partial charge in [-0.05, 0) is 56.0 Å². The Labute approximate surface area is 237 Å². The number of para-hydroxylation sites is 1. The zero-order valence-electron chi connectivity index (χ0n) is 22.3. The number of aromatic nitrogens is 3. The number of rotatable bonds is 10. The number of benzene rings is 2. The molecule has 4 aromatic rings. The summed E-state index contributed by atoms with van der Waals surface area (Å²) in [6.07, 6.45) is 6.83. The van der Waals surface area contributed by atoms with Crippen LogP contribution in [0, 0.1) is 0 Å². The Morgan fingerprint density at radius 3 is 2.69 bits per heavy atom. The molecule has 0 unspecified atom stereocenters. The number of carbonyl (C=O) groups excluding carboxylic acids is 2. The maximum atomic E-state index is 13.5. The van der Waals surface area contributed by atoms with Crippen molar-refractivity contribution in [1.82, 2.24) is 19.4 Å². The zero-order valence-corrected chi connectivity index (χ0v) is 23.9. The van der Waals surface area contributed by atoms with Crippen molar-refractivity contribution >= 4 is 50.5 Å². The highest BCUT2D eigenvalue weighted by Gasteiger charge is 2.26. The molecule has 8 nitrogen and oxygen atoms in total. The lowest BCUT2D eigenvalue weighted by Gasteiger charge is -2.37. The first kappa shape index (κ1) is 26.9. The van der Waals surface area contributed by atoms with E-state index < -0.39 is 0 Å². The second-order valence-corrected chi connectivity index (χ2v) is 10.7. The molecule has 1 N–H and O–H groups in total. The fraction of sp³-hybridized carbons (Fsp3) is 0.333. The Bertz CT molecular complexity index is 1480. The standard InChI is InChI=1S/C30H33BrN6O2/c1-3-35-18-25(24-6-4-5-7-28(24)35)30(39)27-17-29(34-19-33-27)36-14-11-23(12-15-36)37(20-38)13-10-21-16-22(31)8-9-26(21)32-2/h4-9,16-20,23,32H,3,10-15H2,1-2H3. The molecule has 1 aliphatic heterocycles. The van der Waals surface area contributed by atoms with Gasteiger partial charge < -0.3 is 19.7 Å². The molecule has 0 aliphatic carbocycles. The highest BCUT2D eigenvalue weighted by atomic mass is 79.9.